The molecule has 1 aliphatic rings. The van der Waals surface area contributed by atoms with E-state index >= 15 is 0 Å². The molecule has 0 aliphatic carbocycles. The number of methoxy groups -OCH3 is 1. The zero-order chi connectivity index (χ0) is 15.2. The second kappa shape index (κ2) is 7.82. The maximum Gasteiger partial charge on any atom is 0.128 e. The Morgan fingerprint density at radius 2 is 2.24 bits per heavy atom. The van der Waals surface area contributed by atoms with Crippen molar-refractivity contribution in [2.45, 2.75) is 31.8 Å². The summed E-state index contributed by atoms with van der Waals surface area (Å²) in [7, 11) is 1.65. The molecular weight excluding hydrogens is 274 g/mol. The average Bonchev–Trinajstić information content (AvgIpc) is 2.98. The SMILES string of the molecule is COCCN(CC1CCCN1)C(C)c1cc(F)ccc1F. The standard InChI is InChI=1S/C16H24F2N2O/c1-12(15-10-13(17)5-6-16(15)18)20(8-9-21-2)11-14-4-3-7-19-14/h5-6,10,12,14,19H,3-4,7-9,11H2,1-2H3. The van der Waals surface area contributed by atoms with Gasteiger partial charge in [0.2, 0.25) is 0 Å². The van der Waals surface area contributed by atoms with E-state index in [2.05, 4.69) is 10.2 Å². The fourth-order valence-corrected chi connectivity index (χ4v) is 2.88. The van der Waals surface area contributed by atoms with E-state index in [1.165, 1.54) is 18.6 Å². The average molecular weight is 298 g/mol. The summed E-state index contributed by atoms with van der Waals surface area (Å²) in [6.07, 6.45) is 2.30. The van der Waals surface area contributed by atoms with Crippen LogP contribution >= 0.6 is 0 Å². The molecule has 2 atom stereocenters. The summed E-state index contributed by atoms with van der Waals surface area (Å²) in [6.45, 7) is 5.05. The normalized spacial score (nSPS) is 20.1. The smallest absolute Gasteiger partial charge is 0.128 e. The summed E-state index contributed by atoms with van der Waals surface area (Å²) in [6, 6.07) is 3.88. The van der Waals surface area contributed by atoms with Crippen molar-refractivity contribution in [2.75, 3.05) is 33.4 Å². The second-order valence-electron chi connectivity index (χ2n) is 5.62. The molecule has 0 spiro atoms. The van der Waals surface area contributed by atoms with E-state index in [9.17, 15) is 8.78 Å². The molecule has 0 radical (unpaired) electrons. The first kappa shape index (κ1) is 16.3. The van der Waals surface area contributed by atoms with Crippen molar-refractivity contribution >= 4 is 0 Å². The van der Waals surface area contributed by atoms with Crippen molar-refractivity contribution in [3.8, 4) is 0 Å². The molecule has 2 rings (SSSR count). The number of hydrogen-bond acceptors (Lipinski definition) is 3. The molecular formula is C16H24F2N2O. The monoisotopic (exact) mass is 298 g/mol. The highest BCUT2D eigenvalue weighted by Gasteiger charge is 2.24. The molecule has 1 aromatic rings. The molecule has 0 amide bonds. The number of halogens is 2. The van der Waals surface area contributed by atoms with Gasteiger partial charge in [0.05, 0.1) is 6.61 Å². The molecule has 2 unspecified atom stereocenters. The van der Waals surface area contributed by atoms with Gasteiger partial charge in [0.25, 0.3) is 0 Å². The molecule has 0 saturated carbocycles. The Morgan fingerprint density at radius 3 is 2.90 bits per heavy atom. The molecule has 1 aromatic carbocycles. The van der Waals surface area contributed by atoms with Crippen molar-refractivity contribution in [1.29, 1.82) is 0 Å². The van der Waals surface area contributed by atoms with Crippen LogP contribution in [-0.2, 0) is 4.74 Å². The highest BCUT2D eigenvalue weighted by atomic mass is 19.1. The van der Waals surface area contributed by atoms with E-state index in [4.69, 9.17) is 4.74 Å². The van der Waals surface area contributed by atoms with Crippen LogP contribution in [0, 0.1) is 11.6 Å². The molecule has 1 fully saturated rings. The molecule has 1 saturated heterocycles. The lowest BCUT2D eigenvalue weighted by atomic mass is 10.0. The van der Waals surface area contributed by atoms with Crippen molar-refractivity contribution in [3.63, 3.8) is 0 Å². The van der Waals surface area contributed by atoms with Crippen molar-refractivity contribution in [3.05, 3.63) is 35.4 Å². The second-order valence-corrected chi connectivity index (χ2v) is 5.62. The number of nitrogens with one attached hydrogen (secondary N) is 1. The summed E-state index contributed by atoms with van der Waals surface area (Å²) in [5, 5.41) is 3.45. The van der Waals surface area contributed by atoms with Crippen LogP contribution in [0.25, 0.3) is 0 Å². The van der Waals surface area contributed by atoms with Gasteiger partial charge in [0, 0.05) is 37.8 Å². The minimum Gasteiger partial charge on any atom is -0.383 e. The number of benzene rings is 1. The Kier molecular flexibility index (Phi) is 6.08. The first-order chi connectivity index (χ1) is 10.1. The highest BCUT2D eigenvalue weighted by molar-refractivity contribution is 5.22. The fourth-order valence-electron chi connectivity index (χ4n) is 2.88. The van der Waals surface area contributed by atoms with E-state index in [1.54, 1.807) is 7.11 Å². The van der Waals surface area contributed by atoms with Gasteiger partial charge in [-0.15, -0.1) is 0 Å². The zero-order valence-corrected chi connectivity index (χ0v) is 12.7. The number of nitrogens with zero attached hydrogens (tertiary/aromatic N) is 1. The van der Waals surface area contributed by atoms with Gasteiger partial charge in [-0.2, -0.15) is 0 Å². The van der Waals surface area contributed by atoms with Gasteiger partial charge in [-0.1, -0.05) is 0 Å². The number of hydrogen-bond donors (Lipinski definition) is 1. The fraction of sp³-hybridized carbons (Fsp3) is 0.625. The lowest BCUT2D eigenvalue weighted by Crippen LogP contribution is -2.40. The predicted molar refractivity (Wildman–Crippen MR) is 79.2 cm³/mol. The van der Waals surface area contributed by atoms with E-state index in [1.807, 2.05) is 6.92 Å². The lowest BCUT2D eigenvalue weighted by Gasteiger charge is -2.31. The number of ether oxygens (including phenoxy) is 1. The zero-order valence-electron chi connectivity index (χ0n) is 12.7. The van der Waals surface area contributed by atoms with Crippen LogP contribution < -0.4 is 5.32 Å². The minimum absolute atomic E-state index is 0.182. The van der Waals surface area contributed by atoms with Gasteiger partial charge in [0.1, 0.15) is 11.6 Å². The van der Waals surface area contributed by atoms with Crippen LogP contribution in [0.5, 0.6) is 0 Å². The third-order valence-corrected chi connectivity index (χ3v) is 4.16. The van der Waals surface area contributed by atoms with Crippen LogP contribution in [0.3, 0.4) is 0 Å². The van der Waals surface area contributed by atoms with Crippen LogP contribution in [-0.4, -0.2) is 44.3 Å². The first-order valence-corrected chi connectivity index (χ1v) is 7.53. The van der Waals surface area contributed by atoms with Gasteiger partial charge in [0.15, 0.2) is 0 Å². The Labute approximate surface area is 125 Å². The van der Waals surface area contributed by atoms with Crippen LogP contribution in [0.15, 0.2) is 18.2 Å². The van der Waals surface area contributed by atoms with Gasteiger partial charge < -0.3 is 10.1 Å². The maximum atomic E-state index is 14.0. The Hall–Kier alpha value is -1.04. The topological polar surface area (TPSA) is 24.5 Å². The Morgan fingerprint density at radius 1 is 1.43 bits per heavy atom. The minimum atomic E-state index is -0.399. The number of rotatable bonds is 7. The lowest BCUT2D eigenvalue weighted by molar-refractivity contribution is 0.116. The molecule has 118 valence electrons. The Balaban J connectivity index is 2.11. The van der Waals surface area contributed by atoms with Gasteiger partial charge >= 0.3 is 0 Å². The molecule has 0 bridgehead atoms. The van der Waals surface area contributed by atoms with Gasteiger partial charge in [-0.25, -0.2) is 8.78 Å². The summed E-state index contributed by atoms with van der Waals surface area (Å²) in [5.74, 6) is -0.755. The van der Waals surface area contributed by atoms with Crippen LogP contribution in [0.2, 0.25) is 0 Å². The summed E-state index contributed by atoms with van der Waals surface area (Å²) < 4.78 is 32.5. The molecule has 5 heteroatoms. The maximum absolute atomic E-state index is 14.0. The van der Waals surface area contributed by atoms with Crippen molar-refractivity contribution < 1.29 is 13.5 Å². The van der Waals surface area contributed by atoms with Gasteiger partial charge in [-0.3, -0.25) is 4.90 Å². The molecule has 1 aliphatic heterocycles. The third kappa shape index (κ3) is 4.46. The van der Waals surface area contributed by atoms with Crippen molar-refractivity contribution in [1.82, 2.24) is 10.2 Å². The predicted octanol–water partition coefficient (Wildman–Crippen LogP) is 2.73. The molecule has 3 nitrogen and oxygen atoms in total. The Bertz CT molecular complexity index is 450. The van der Waals surface area contributed by atoms with E-state index in [0.29, 0.717) is 24.8 Å². The van der Waals surface area contributed by atoms with E-state index < -0.39 is 5.82 Å². The van der Waals surface area contributed by atoms with E-state index in [-0.39, 0.29) is 11.9 Å². The van der Waals surface area contributed by atoms with Crippen LogP contribution in [0.1, 0.15) is 31.4 Å². The molecule has 0 aromatic heterocycles. The van der Waals surface area contributed by atoms with Crippen molar-refractivity contribution in [2.24, 2.45) is 0 Å². The van der Waals surface area contributed by atoms with E-state index in [0.717, 1.165) is 25.6 Å². The summed E-state index contributed by atoms with van der Waals surface area (Å²) in [4.78, 5) is 2.16. The molecule has 1 N–H and O–H groups in total. The quantitative estimate of drug-likeness (QED) is 0.837. The van der Waals surface area contributed by atoms with Crippen LogP contribution in [0.4, 0.5) is 8.78 Å². The summed E-state index contributed by atoms with van der Waals surface area (Å²) in [5.41, 5.74) is 0.407. The molecule has 1 heterocycles. The molecule has 21 heavy (non-hydrogen) atoms. The largest absolute Gasteiger partial charge is 0.383 e. The summed E-state index contributed by atoms with van der Waals surface area (Å²) >= 11 is 0. The first-order valence-electron chi connectivity index (χ1n) is 7.53. The third-order valence-electron chi connectivity index (χ3n) is 4.16. The highest BCUT2D eigenvalue weighted by Crippen LogP contribution is 2.24. The van der Waals surface area contributed by atoms with Gasteiger partial charge in [-0.05, 0) is 44.5 Å².